The summed E-state index contributed by atoms with van der Waals surface area (Å²) in [4.78, 5) is 179. The molecule has 744 valence electrons. The number of halogens is 1. The van der Waals surface area contributed by atoms with Crippen LogP contribution in [0.25, 0.3) is 11.1 Å². The van der Waals surface area contributed by atoms with E-state index in [0.717, 1.165) is 49.9 Å². The van der Waals surface area contributed by atoms with Crippen LogP contribution in [0.5, 0.6) is 5.75 Å². The number of imidazole rings is 1. The molecule has 6 rings (SSSR count). The summed E-state index contributed by atoms with van der Waals surface area (Å²) in [5, 5.41) is 106. The van der Waals surface area contributed by atoms with Crippen LogP contribution in [0.3, 0.4) is 0 Å². The summed E-state index contributed by atoms with van der Waals surface area (Å²) < 4.78 is 67.5. The number of aromatic amines is 2. The lowest BCUT2D eigenvalue weighted by atomic mass is 9.90. The molecule has 3 heterocycles. The second-order valence-electron chi connectivity index (χ2n) is 31.6. The number of unbranched alkanes of at least 4 members (excludes halogenated alkanes) is 1. The Morgan fingerprint density at radius 1 is 0.578 bits per heavy atom. The fourth-order valence-corrected chi connectivity index (χ4v) is 12.7. The number of carbonyl (C=O) groups is 13. The highest BCUT2D eigenvalue weighted by Gasteiger charge is 2.44. The monoisotopic (exact) mass is 1900 g/mol. The molecule has 20 N–H and O–H groups in total. The molecule has 3 aromatic heterocycles. The second kappa shape index (κ2) is 59.9. The molecule has 0 fully saturated rings. The fraction of sp³-hybridized carbons (Fsp3) is 0.570. The van der Waals surface area contributed by atoms with Crippen molar-refractivity contribution in [3.8, 4) is 16.9 Å². The number of ether oxygens (including phenoxy) is 9. The molecule has 48 nitrogen and oxygen atoms in total. The highest BCUT2D eigenvalue weighted by atomic mass is 19.1. The molecule has 0 aliphatic rings. The van der Waals surface area contributed by atoms with Gasteiger partial charge in [0, 0.05) is 63.6 Å². The van der Waals surface area contributed by atoms with Gasteiger partial charge in [-0.25, -0.2) is 14.2 Å². The van der Waals surface area contributed by atoms with Crippen LogP contribution in [-0.2, 0) is 145 Å². The van der Waals surface area contributed by atoms with Crippen LogP contribution in [0.2, 0.25) is 0 Å². The lowest BCUT2D eigenvalue weighted by Crippen LogP contribution is -2.67. The Bertz CT molecular complexity index is 4690. The number of aromatic nitrogens is 9. The van der Waals surface area contributed by atoms with Gasteiger partial charge in [-0.1, -0.05) is 65.9 Å². The summed E-state index contributed by atoms with van der Waals surface area (Å²) >= 11 is 0. The summed E-state index contributed by atoms with van der Waals surface area (Å²) in [6.07, 6.45) is 1.01. The number of nitrogens with two attached hydrogens (primary N) is 1. The number of nitrogens with one attached hydrogen (secondary N) is 12. The second-order valence-corrected chi connectivity index (χ2v) is 31.6. The molecule has 6 aromatic rings. The van der Waals surface area contributed by atoms with E-state index in [-0.39, 0.29) is 49.7 Å². The molecule has 0 spiro atoms. The number of tetrazole rings is 1. The predicted octanol–water partition coefficient (Wildman–Crippen LogP) is -3.69. The number of aryl methyl sites for hydroxylation is 2. The maximum atomic E-state index is 15.5. The molecule has 10 atom stereocenters. The lowest BCUT2D eigenvalue weighted by molar-refractivity contribution is -0.144. The summed E-state index contributed by atoms with van der Waals surface area (Å²) in [7, 11) is 0. The van der Waals surface area contributed by atoms with Crippen LogP contribution in [0.15, 0.2) is 85.5 Å². The highest BCUT2D eigenvalue weighted by Crippen LogP contribution is 2.29. The number of carboxylic acids is 3. The van der Waals surface area contributed by atoms with E-state index >= 15 is 4.39 Å². The minimum absolute atomic E-state index is 0.0255. The van der Waals surface area contributed by atoms with Gasteiger partial charge in [0.2, 0.25) is 59.1 Å². The van der Waals surface area contributed by atoms with Crippen LogP contribution in [0, 0.1) is 11.2 Å². The van der Waals surface area contributed by atoms with E-state index in [1.165, 1.54) is 38.4 Å². The number of aliphatic hydroxyl groups is 3. The third-order valence-electron chi connectivity index (χ3n) is 20.4. The molecule has 0 aliphatic carbocycles. The Morgan fingerprint density at radius 2 is 1.18 bits per heavy atom. The van der Waals surface area contributed by atoms with Gasteiger partial charge >= 0.3 is 17.9 Å². The van der Waals surface area contributed by atoms with E-state index in [1.54, 1.807) is 35.1 Å². The molecule has 10 amide bonds. The van der Waals surface area contributed by atoms with Gasteiger partial charge in [-0.15, -0.1) is 15.3 Å². The van der Waals surface area contributed by atoms with Crippen molar-refractivity contribution in [2.75, 3.05) is 132 Å². The van der Waals surface area contributed by atoms with E-state index in [2.05, 4.69) is 94.1 Å². The zero-order chi connectivity index (χ0) is 98.7. The number of hydrogen-bond acceptors (Lipinski definition) is 32. The van der Waals surface area contributed by atoms with Crippen LogP contribution in [-0.4, -0.2) is 345 Å². The third kappa shape index (κ3) is 41.0. The topological polar surface area (TPSA) is 687 Å². The summed E-state index contributed by atoms with van der Waals surface area (Å²) in [6, 6.07) is 4.86. The predicted molar refractivity (Wildman–Crippen MR) is 472 cm³/mol. The average Bonchev–Trinajstić information content (AvgIpc) is 1.25. The largest absolute Gasteiger partial charge is 0.494 e. The first-order valence-corrected chi connectivity index (χ1v) is 43.8. The van der Waals surface area contributed by atoms with Crippen molar-refractivity contribution in [3.63, 3.8) is 0 Å². The number of nitrogens with zero attached hydrogens (tertiary/aromatic N) is 7. The first-order chi connectivity index (χ1) is 64.6. The van der Waals surface area contributed by atoms with Crippen LogP contribution >= 0.6 is 0 Å². The number of carboxylic acid groups (broad SMARTS) is 3. The molecule has 0 radical (unpaired) electrons. The Labute approximate surface area is 776 Å². The van der Waals surface area contributed by atoms with Crippen molar-refractivity contribution in [2.24, 2.45) is 11.1 Å². The van der Waals surface area contributed by atoms with Crippen molar-refractivity contribution in [1.82, 2.24) is 98.8 Å². The van der Waals surface area contributed by atoms with Crippen molar-refractivity contribution in [3.05, 3.63) is 125 Å². The molecule has 1 unspecified atom stereocenters. The molecule has 0 saturated carbocycles. The Balaban J connectivity index is 0.889. The lowest BCUT2D eigenvalue weighted by Gasteiger charge is -2.34. The third-order valence-corrected chi connectivity index (χ3v) is 20.4. The minimum Gasteiger partial charge on any atom is -0.494 e. The first kappa shape index (κ1) is 111. The average molecular weight is 1910 g/mol. The quantitative estimate of drug-likeness (QED) is 0.0129. The standard InChI is InChI=1S/C86H125FN20O28/c1-7-56-43-61(135-26-11-10-25-107-49-60(101-106-107)51-134-41-40-133-39-38-132-37-36-131-35-34-130-33-32-129-31-30-128-29-28-127-27-24-90-70(111)21-20-64(88)80(120)121)18-19-62(56)57-16-14-55(15-17-57)42-67(81(122)123)95-76(116)66(45-72(113)114)94-77(117)68(50-108)96-78(118)73(53(2)109)99-84(126)86(6,46-58-12-8-9-13-63(58)87)100-79(119)74(54(3)110)98-71(112)48-92-75(115)65(44-69-102-104-105-103-69)97-83(125)85(4,5)82(124)91-23-22-59-47-89-52-93-59/h8-9,12-19,43,47,49,52-54,64-68,73-74,108-110H,7,10-11,20-42,44-46,48,50-51,88H2,1-6H3,(H,89,93)(H,90,111)(H,91,124)(H,92,115)(H,94,117)(H,95,116)(H,96,118)(H,97,125)(H,98,112)(H,99,126)(H,100,119)(H,113,114)(H,120,121)(H,122,123)(H,102,103,104,105)/t53-,54-,64+,65+,66+,67+,68+,73+,74+,86?/m1/s1. The maximum absolute atomic E-state index is 15.5. The normalized spacial score (nSPS) is 13.9. The van der Waals surface area contributed by atoms with Gasteiger partial charge in [0.05, 0.1) is 157 Å². The van der Waals surface area contributed by atoms with Gasteiger partial charge in [-0.2, -0.15) is 5.21 Å². The Morgan fingerprint density at radius 3 is 1.75 bits per heavy atom. The smallest absolute Gasteiger partial charge is 0.326 e. The zero-order valence-corrected chi connectivity index (χ0v) is 76.2. The van der Waals surface area contributed by atoms with E-state index in [0.29, 0.717) is 161 Å². The number of H-pyrrole nitrogens is 2. The van der Waals surface area contributed by atoms with Crippen LogP contribution < -0.4 is 63.6 Å². The number of hydrogen-bond donors (Lipinski definition) is 19. The number of carbonyl (C=O) groups excluding carboxylic acids is 10. The van der Waals surface area contributed by atoms with Gasteiger partial charge in [-0.05, 0) is 106 Å². The molecular weight excluding hydrogens is 1780 g/mol. The zero-order valence-electron chi connectivity index (χ0n) is 76.2. The number of benzene rings is 3. The van der Waals surface area contributed by atoms with Gasteiger partial charge < -0.3 is 137 Å². The number of aliphatic carboxylic acids is 3. The van der Waals surface area contributed by atoms with E-state index in [9.17, 15) is 87.9 Å². The summed E-state index contributed by atoms with van der Waals surface area (Å²) in [6.45, 7) is 12.9. The summed E-state index contributed by atoms with van der Waals surface area (Å²) in [5.41, 5.74) is 5.38. The summed E-state index contributed by atoms with van der Waals surface area (Å²) in [5.74, 6) is -15.5. The van der Waals surface area contributed by atoms with Gasteiger partial charge in [0.1, 0.15) is 70.5 Å². The molecule has 0 bridgehead atoms. The maximum Gasteiger partial charge on any atom is 0.326 e. The van der Waals surface area contributed by atoms with E-state index in [4.69, 9.17) is 53.5 Å². The van der Waals surface area contributed by atoms with Crippen LogP contribution in [0.4, 0.5) is 4.39 Å². The van der Waals surface area contributed by atoms with Crippen molar-refractivity contribution >= 4 is 77.0 Å². The first-order valence-electron chi connectivity index (χ1n) is 43.8. The van der Waals surface area contributed by atoms with Gasteiger partial charge in [0.15, 0.2) is 5.82 Å². The number of aliphatic hydroxyl groups excluding tert-OH is 3. The molecule has 135 heavy (non-hydrogen) atoms. The van der Waals surface area contributed by atoms with Crippen molar-refractivity contribution in [1.29, 1.82) is 0 Å². The van der Waals surface area contributed by atoms with Gasteiger partial charge in [0.25, 0.3) is 0 Å². The van der Waals surface area contributed by atoms with E-state index < -0.39 is 175 Å². The van der Waals surface area contributed by atoms with Crippen LogP contribution in [0.1, 0.15) is 108 Å². The van der Waals surface area contributed by atoms with Crippen molar-refractivity contribution < 1.29 is 140 Å². The molecular formula is C86H125FN20O28. The fourth-order valence-electron chi connectivity index (χ4n) is 12.7. The number of rotatable bonds is 70. The van der Waals surface area contributed by atoms with Crippen molar-refractivity contribution in [2.45, 2.75) is 179 Å². The SMILES string of the molecule is CCc1cc(OCCCCn2cc(COCCOCCOCCOCCOCCOCCOCCOCCNC(=O)CC[C@H](N)C(=O)O)nn2)ccc1-c1ccc(C[C@H](NC(=O)[C@H](CC(=O)O)NC(=O)[C@H](CO)NC(=O)[C@@H](NC(=O)C(C)(Cc2ccccc2F)NC(=O)[C@@H](NC(=O)CNC(=O)[C@H](Cc2nn[nH]n2)NC(=O)C(C)(C)C(=O)NCCc2cnc[nH]2)[C@@H](C)O)[C@@H](C)O)C(=O)O)cc1. The molecule has 49 heteroatoms. The minimum atomic E-state index is -2.40. The Kier molecular flexibility index (Phi) is 49.4. The molecule has 3 aromatic carbocycles. The number of amides is 10. The van der Waals surface area contributed by atoms with E-state index in [1.807, 2.05) is 31.3 Å². The molecule has 0 saturated heterocycles. The molecule has 0 aliphatic heterocycles. The van der Waals surface area contributed by atoms with Gasteiger partial charge in [-0.3, -0.25) is 62.2 Å². The Hall–Kier alpha value is -12.6. The highest BCUT2D eigenvalue weighted by molar-refractivity contribution is 6.06.